The normalized spacial score (nSPS) is 20.7. The highest BCUT2D eigenvalue weighted by atomic mass is 15.2. The van der Waals surface area contributed by atoms with Gasteiger partial charge in [0.2, 0.25) is 0 Å². The van der Waals surface area contributed by atoms with Gasteiger partial charge in [0.05, 0.1) is 0 Å². The molecule has 0 amide bonds. The predicted octanol–water partition coefficient (Wildman–Crippen LogP) is 3.44. The molecule has 2 aromatic rings. The summed E-state index contributed by atoms with van der Waals surface area (Å²) in [6.45, 7) is 7.45. The Balaban J connectivity index is 1.92. The van der Waals surface area contributed by atoms with Crippen LogP contribution in [0.4, 0.5) is 5.82 Å². The van der Waals surface area contributed by atoms with Crippen LogP contribution < -0.4 is 10.2 Å². The molecule has 1 aliphatic carbocycles. The fourth-order valence-electron chi connectivity index (χ4n) is 3.03. The number of anilines is 1. The molecule has 3 rings (SSSR count). The van der Waals surface area contributed by atoms with Gasteiger partial charge in [-0.2, -0.15) is 0 Å². The zero-order valence-corrected chi connectivity index (χ0v) is 13.3. The smallest absolute Gasteiger partial charge is 0.136 e. The second kappa shape index (κ2) is 6.02. The summed E-state index contributed by atoms with van der Waals surface area (Å²) in [6, 6.07) is 8.63. The van der Waals surface area contributed by atoms with E-state index in [1.54, 1.807) is 0 Å². The molecular weight excluding hydrogens is 258 g/mol. The SMILES string of the molecule is CCNCc1cnc(N(C)CC2CC2C)c2ccccc12. The number of nitrogens with one attached hydrogen (secondary N) is 1. The molecule has 1 heterocycles. The minimum absolute atomic E-state index is 0.844. The topological polar surface area (TPSA) is 28.2 Å². The van der Waals surface area contributed by atoms with Crippen molar-refractivity contribution in [3.63, 3.8) is 0 Å². The van der Waals surface area contributed by atoms with Crippen LogP contribution >= 0.6 is 0 Å². The van der Waals surface area contributed by atoms with E-state index in [0.29, 0.717) is 0 Å². The molecule has 0 aliphatic heterocycles. The molecule has 3 nitrogen and oxygen atoms in total. The van der Waals surface area contributed by atoms with Crippen LogP contribution in [0.25, 0.3) is 10.8 Å². The van der Waals surface area contributed by atoms with E-state index >= 15 is 0 Å². The summed E-state index contributed by atoms with van der Waals surface area (Å²) in [5.74, 6) is 2.84. The fourth-order valence-corrected chi connectivity index (χ4v) is 3.03. The summed E-state index contributed by atoms with van der Waals surface area (Å²) < 4.78 is 0. The first-order valence-corrected chi connectivity index (χ1v) is 7.99. The van der Waals surface area contributed by atoms with Gasteiger partial charge in [-0.05, 0) is 35.8 Å². The molecule has 21 heavy (non-hydrogen) atoms. The molecule has 1 saturated carbocycles. The monoisotopic (exact) mass is 283 g/mol. The average Bonchev–Trinajstić information content (AvgIpc) is 3.19. The molecule has 3 heteroatoms. The maximum Gasteiger partial charge on any atom is 0.136 e. The number of hydrogen-bond acceptors (Lipinski definition) is 3. The standard InChI is InChI=1S/C18H25N3/c1-4-19-10-15-11-20-18(17-8-6-5-7-16(15)17)21(3)12-14-9-13(14)2/h5-8,11,13-14,19H,4,9-10,12H2,1-3H3. The lowest BCUT2D eigenvalue weighted by molar-refractivity contribution is 0.717. The van der Waals surface area contributed by atoms with Gasteiger partial charge in [-0.3, -0.25) is 0 Å². The van der Waals surface area contributed by atoms with Crippen molar-refractivity contribution in [1.29, 1.82) is 0 Å². The highest BCUT2D eigenvalue weighted by Gasteiger charge is 2.33. The Hall–Kier alpha value is -1.61. The van der Waals surface area contributed by atoms with Gasteiger partial charge in [-0.25, -0.2) is 4.98 Å². The van der Waals surface area contributed by atoms with E-state index in [4.69, 9.17) is 4.98 Å². The third-order valence-corrected chi connectivity index (χ3v) is 4.57. The van der Waals surface area contributed by atoms with Crippen molar-refractivity contribution in [2.45, 2.75) is 26.8 Å². The molecular formula is C18H25N3. The number of fused-ring (bicyclic) bond motifs is 1. The van der Waals surface area contributed by atoms with Gasteiger partial charge in [0.15, 0.2) is 0 Å². The van der Waals surface area contributed by atoms with E-state index in [9.17, 15) is 0 Å². The molecule has 0 saturated heterocycles. The first-order chi connectivity index (χ1) is 10.2. The van der Waals surface area contributed by atoms with Crippen LogP contribution in [0.15, 0.2) is 30.5 Å². The van der Waals surface area contributed by atoms with Gasteiger partial charge in [-0.1, -0.05) is 38.1 Å². The minimum Gasteiger partial charge on any atom is -0.359 e. The Bertz CT molecular complexity index is 623. The van der Waals surface area contributed by atoms with Crippen LogP contribution in [-0.2, 0) is 6.54 Å². The van der Waals surface area contributed by atoms with Crippen LogP contribution in [0.1, 0.15) is 25.8 Å². The second-order valence-corrected chi connectivity index (χ2v) is 6.29. The highest BCUT2D eigenvalue weighted by Crippen LogP contribution is 2.39. The van der Waals surface area contributed by atoms with Crippen molar-refractivity contribution in [2.75, 3.05) is 25.0 Å². The van der Waals surface area contributed by atoms with Crippen molar-refractivity contribution in [3.05, 3.63) is 36.0 Å². The summed E-state index contributed by atoms with van der Waals surface area (Å²) in [6.07, 6.45) is 3.40. The molecule has 1 aliphatic rings. The van der Waals surface area contributed by atoms with Gasteiger partial charge in [0.25, 0.3) is 0 Å². The number of nitrogens with zero attached hydrogens (tertiary/aromatic N) is 2. The lowest BCUT2D eigenvalue weighted by atomic mass is 10.1. The maximum atomic E-state index is 4.75. The molecule has 2 unspecified atom stereocenters. The summed E-state index contributed by atoms with van der Waals surface area (Å²) >= 11 is 0. The van der Waals surface area contributed by atoms with Crippen LogP contribution in [0.3, 0.4) is 0 Å². The first-order valence-electron chi connectivity index (χ1n) is 7.99. The minimum atomic E-state index is 0.844. The average molecular weight is 283 g/mol. The molecule has 1 aromatic carbocycles. The van der Waals surface area contributed by atoms with E-state index in [0.717, 1.165) is 37.3 Å². The molecule has 1 fully saturated rings. The van der Waals surface area contributed by atoms with Gasteiger partial charge < -0.3 is 10.2 Å². The Morgan fingerprint density at radius 2 is 2.00 bits per heavy atom. The summed E-state index contributed by atoms with van der Waals surface area (Å²) in [5, 5.41) is 5.99. The third kappa shape index (κ3) is 3.03. The third-order valence-electron chi connectivity index (χ3n) is 4.57. The largest absolute Gasteiger partial charge is 0.359 e. The van der Waals surface area contributed by atoms with Gasteiger partial charge in [-0.15, -0.1) is 0 Å². The second-order valence-electron chi connectivity index (χ2n) is 6.29. The van der Waals surface area contributed by atoms with Crippen LogP contribution in [-0.4, -0.2) is 25.1 Å². The van der Waals surface area contributed by atoms with E-state index < -0.39 is 0 Å². The van der Waals surface area contributed by atoms with Crippen LogP contribution in [0.5, 0.6) is 0 Å². The van der Waals surface area contributed by atoms with Crippen LogP contribution in [0.2, 0.25) is 0 Å². The van der Waals surface area contributed by atoms with E-state index in [1.165, 1.54) is 22.8 Å². The first kappa shape index (κ1) is 14.3. The molecule has 1 N–H and O–H groups in total. The molecule has 2 atom stereocenters. The highest BCUT2D eigenvalue weighted by molar-refractivity contribution is 5.94. The number of hydrogen-bond donors (Lipinski definition) is 1. The van der Waals surface area contributed by atoms with E-state index in [-0.39, 0.29) is 0 Å². The lowest BCUT2D eigenvalue weighted by Gasteiger charge is -2.21. The zero-order valence-electron chi connectivity index (χ0n) is 13.3. The maximum absolute atomic E-state index is 4.75. The number of aromatic nitrogens is 1. The summed E-state index contributed by atoms with van der Waals surface area (Å²) in [4.78, 5) is 7.08. The molecule has 0 spiro atoms. The molecule has 1 aromatic heterocycles. The Labute approximate surface area is 127 Å². The lowest BCUT2D eigenvalue weighted by Crippen LogP contribution is -2.22. The zero-order chi connectivity index (χ0) is 14.8. The van der Waals surface area contributed by atoms with Crippen molar-refractivity contribution in [2.24, 2.45) is 11.8 Å². The van der Waals surface area contributed by atoms with E-state index in [1.807, 2.05) is 6.20 Å². The van der Waals surface area contributed by atoms with Gasteiger partial charge >= 0.3 is 0 Å². The van der Waals surface area contributed by atoms with Crippen molar-refractivity contribution >= 4 is 16.6 Å². The quantitative estimate of drug-likeness (QED) is 0.880. The number of rotatable bonds is 6. The predicted molar refractivity (Wildman–Crippen MR) is 89.7 cm³/mol. The summed E-state index contributed by atoms with van der Waals surface area (Å²) in [5.41, 5.74) is 1.28. The molecule has 0 bridgehead atoms. The number of pyridine rings is 1. The molecule has 112 valence electrons. The Morgan fingerprint density at radius 1 is 1.29 bits per heavy atom. The van der Waals surface area contributed by atoms with Gasteiger partial charge in [0, 0.05) is 31.7 Å². The van der Waals surface area contributed by atoms with Crippen molar-refractivity contribution in [1.82, 2.24) is 10.3 Å². The Kier molecular flexibility index (Phi) is 4.11. The van der Waals surface area contributed by atoms with Crippen molar-refractivity contribution < 1.29 is 0 Å². The van der Waals surface area contributed by atoms with Crippen molar-refractivity contribution in [3.8, 4) is 0 Å². The van der Waals surface area contributed by atoms with Gasteiger partial charge in [0.1, 0.15) is 5.82 Å². The Morgan fingerprint density at radius 3 is 2.67 bits per heavy atom. The number of benzene rings is 1. The molecule has 0 radical (unpaired) electrons. The van der Waals surface area contributed by atoms with E-state index in [2.05, 4.69) is 55.4 Å². The fraction of sp³-hybridized carbons (Fsp3) is 0.500. The van der Waals surface area contributed by atoms with Crippen LogP contribution in [0, 0.1) is 11.8 Å². The summed E-state index contributed by atoms with van der Waals surface area (Å²) in [7, 11) is 2.17.